The number of nitrogens with zero attached hydrogens (tertiary/aromatic N) is 1. The lowest BCUT2D eigenvalue weighted by atomic mass is 10.0. The Morgan fingerprint density at radius 1 is 1.38 bits per heavy atom. The van der Waals surface area contributed by atoms with Crippen molar-refractivity contribution in [2.45, 2.75) is 51.6 Å². The third-order valence-corrected chi connectivity index (χ3v) is 4.30. The number of rotatable bonds is 4. The number of amidine groups is 1. The van der Waals surface area contributed by atoms with E-state index in [-0.39, 0.29) is 11.4 Å². The van der Waals surface area contributed by atoms with Crippen molar-refractivity contribution < 1.29 is 9.60 Å². The monoisotopic (exact) mass is 293 g/mol. The molecule has 2 rings (SSSR count). The number of hydrogen-bond acceptors (Lipinski definition) is 3. The molecule has 1 aromatic rings. The molecule has 116 valence electrons. The molecule has 0 spiro atoms. The second-order valence-corrected chi connectivity index (χ2v) is 5.96. The lowest BCUT2D eigenvalue weighted by molar-refractivity contribution is 0.318. The molecule has 5 heteroatoms. The van der Waals surface area contributed by atoms with Crippen molar-refractivity contribution in [1.82, 2.24) is 5.32 Å². The van der Waals surface area contributed by atoms with Gasteiger partial charge in [-0.3, -0.25) is 0 Å². The highest BCUT2D eigenvalue weighted by Gasteiger charge is 2.17. The SMILES string of the molecule is CC1CCCC(NCc2cccc(/C(N)=N/O)c2F)CC1. The molecular weight excluding hydrogens is 269 g/mol. The summed E-state index contributed by atoms with van der Waals surface area (Å²) < 4.78 is 14.3. The molecular formula is C16H24FN3O. The fourth-order valence-corrected chi connectivity index (χ4v) is 2.91. The van der Waals surface area contributed by atoms with Gasteiger partial charge in [-0.25, -0.2) is 4.39 Å². The number of nitrogens with one attached hydrogen (secondary N) is 1. The topological polar surface area (TPSA) is 70.6 Å². The van der Waals surface area contributed by atoms with Crippen LogP contribution in [0.15, 0.2) is 23.4 Å². The Balaban J connectivity index is 2.00. The molecule has 1 saturated carbocycles. The van der Waals surface area contributed by atoms with Gasteiger partial charge in [0, 0.05) is 18.2 Å². The number of hydrogen-bond donors (Lipinski definition) is 3. The summed E-state index contributed by atoms with van der Waals surface area (Å²) in [5, 5.41) is 15.0. The predicted molar refractivity (Wildman–Crippen MR) is 81.8 cm³/mol. The number of nitrogens with two attached hydrogens (primary N) is 1. The molecule has 0 amide bonds. The van der Waals surface area contributed by atoms with E-state index in [4.69, 9.17) is 10.9 Å². The quantitative estimate of drug-likeness (QED) is 0.263. The first kappa shape index (κ1) is 15.8. The van der Waals surface area contributed by atoms with E-state index >= 15 is 0 Å². The van der Waals surface area contributed by atoms with Crippen molar-refractivity contribution in [1.29, 1.82) is 0 Å². The average molecular weight is 293 g/mol. The number of halogens is 1. The van der Waals surface area contributed by atoms with E-state index < -0.39 is 5.82 Å². The van der Waals surface area contributed by atoms with E-state index in [1.807, 2.05) is 0 Å². The van der Waals surface area contributed by atoms with Crippen molar-refractivity contribution in [3.63, 3.8) is 0 Å². The van der Waals surface area contributed by atoms with E-state index in [9.17, 15) is 4.39 Å². The zero-order valence-electron chi connectivity index (χ0n) is 12.5. The molecule has 1 aliphatic rings. The maximum Gasteiger partial charge on any atom is 0.173 e. The van der Waals surface area contributed by atoms with Crippen LogP contribution in [0, 0.1) is 11.7 Å². The Labute approximate surface area is 125 Å². The fraction of sp³-hybridized carbons (Fsp3) is 0.562. The van der Waals surface area contributed by atoms with Crippen LogP contribution in [0.5, 0.6) is 0 Å². The van der Waals surface area contributed by atoms with Crippen LogP contribution in [-0.2, 0) is 6.54 Å². The highest BCUT2D eigenvalue weighted by molar-refractivity contribution is 5.97. The Morgan fingerprint density at radius 2 is 2.19 bits per heavy atom. The lowest BCUT2D eigenvalue weighted by Gasteiger charge is -2.17. The van der Waals surface area contributed by atoms with Gasteiger partial charge in [-0.2, -0.15) is 0 Å². The molecule has 2 atom stereocenters. The maximum absolute atomic E-state index is 14.3. The van der Waals surface area contributed by atoms with Crippen molar-refractivity contribution in [3.8, 4) is 0 Å². The Kier molecular flexibility index (Phi) is 5.56. The summed E-state index contributed by atoms with van der Waals surface area (Å²) >= 11 is 0. The van der Waals surface area contributed by atoms with Crippen molar-refractivity contribution >= 4 is 5.84 Å². The van der Waals surface area contributed by atoms with E-state index in [0.717, 1.165) is 18.8 Å². The third-order valence-electron chi connectivity index (χ3n) is 4.30. The summed E-state index contributed by atoms with van der Waals surface area (Å²) in [6.45, 7) is 2.76. The van der Waals surface area contributed by atoms with Crippen molar-refractivity contribution in [2.75, 3.05) is 0 Å². The second-order valence-electron chi connectivity index (χ2n) is 5.96. The van der Waals surface area contributed by atoms with Crippen LogP contribution in [0.2, 0.25) is 0 Å². The second kappa shape index (κ2) is 7.41. The molecule has 0 aliphatic heterocycles. The van der Waals surface area contributed by atoms with Gasteiger partial charge < -0.3 is 16.3 Å². The Morgan fingerprint density at radius 3 is 2.95 bits per heavy atom. The lowest BCUT2D eigenvalue weighted by Crippen LogP contribution is -2.28. The average Bonchev–Trinajstić information content (AvgIpc) is 2.70. The standard InChI is InChI=1S/C16H24FN3O/c1-11-4-2-6-13(9-8-11)19-10-12-5-3-7-14(15(12)17)16(18)20-21/h3,5,7,11,13,19,21H,2,4,6,8-10H2,1H3,(H2,18,20). The van der Waals surface area contributed by atoms with E-state index in [0.29, 0.717) is 18.2 Å². The fourth-order valence-electron chi connectivity index (χ4n) is 2.91. The van der Waals surface area contributed by atoms with Gasteiger partial charge in [-0.15, -0.1) is 0 Å². The normalized spacial score (nSPS) is 23.8. The maximum atomic E-state index is 14.3. The Bertz CT molecular complexity index is 504. The molecule has 0 radical (unpaired) electrons. The predicted octanol–water partition coefficient (Wildman–Crippen LogP) is 2.98. The molecule has 1 fully saturated rings. The third kappa shape index (κ3) is 4.17. The van der Waals surface area contributed by atoms with Gasteiger partial charge in [0.25, 0.3) is 0 Å². The summed E-state index contributed by atoms with van der Waals surface area (Å²) in [4.78, 5) is 0. The van der Waals surface area contributed by atoms with E-state index in [2.05, 4.69) is 17.4 Å². The van der Waals surface area contributed by atoms with Crippen LogP contribution in [0.1, 0.15) is 50.2 Å². The van der Waals surface area contributed by atoms with Gasteiger partial charge in [-0.05, 0) is 31.2 Å². The minimum Gasteiger partial charge on any atom is -0.409 e. The zero-order chi connectivity index (χ0) is 15.2. The highest BCUT2D eigenvalue weighted by atomic mass is 19.1. The highest BCUT2D eigenvalue weighted by Crippen LogP contribution is 2.23. The van der Waals surface area contributed by atoms with Crippen LogP contribution >= 0.6 is 0 Å². The number of benzene rings is 1. The molecule has 0 heterocycles. The summed E-state index contributed by atoms with van der Waals surface area (Å²) in [6, 6.07) is 5.42. The summed E-state index contributed by atoms with van der Waals surface area (Å²) in [5.41, 5.74) is 6.18. The van der Waals surface area contributed by atoms with Crippen LogP contribution in [0.3, 0.4) is 0 Å². The molecule has 4 nitrogen and oxygen atoms in total. The first-order valence-electron chi connectivity index (χ1n) is 7.60. The molecule has 1 aliphatic carbocycles. The summed E-state index contributed by atoms with van der Waals surface area (Å²) in [5.74, 6) is 0.178. The molecule has 21 heavy (non-hydrogen) atoms. The minimum atomic E-state index is -0.415. The Hall–Kier alpha value is -1.62. The van der Waals surface area contributed by atoms with Crippen molar-refractivity contribution in [3.05, 3.63) is 35.1 Å². The first-order valence-corrected chi connectivity index (χ1v) is 7.60. The smallest absolute Gasteiger partial charge is 0.173 e. The molecule has 4 N–H and O–H groups in total. The van der Waals surface area contributed by atoms with Gasteiger partial charge in [0.2, 0.25) is 0 Å². The van der Waals surface area contributed by atoms with Crippen LogP contribution in [0.25, 0.3) is 0 Å². The molecule has 0 saturated heterocycles. The largest absolute Gasteiger partial charge is 0.409 e. The molecule has 0 aromatic heterocycles. The zero-order valence-corrected chi connectivity index (χ0v) is 12.5. The van der Waals surface area contributed by atoms with Gasteiger partial charge in [0.05, 0.1) is 5.56 Å². The first-order chi connectivity index (χ1) is 10.1. The summed E-state index contributed by atoms with van der Waals surface area (Å²) in [6.07, 6.45) is 6.02. The van der Waals surface area contributed by atoms with Gasteiger partial charge in [0.15, 0.2) is 5.84 Å². The number of oxime groups is 1. The van der Waals surface area contributed by atoms with Gasteiger partial charge in [0.1, 0.15) is 5.82 Å². The van der Waals surface area contributed by atoms with E-state index in [1.54, 1.807) is 12.1 Å². The van der Waals surface area contributed by atoms with Gasteiger partial charge >= 0.3 is 0 Å². The van der Waals surface area contributed by atoms with Crippen LogP contribution < -0.4 is 11.1 Å². The van der Waals surface area contributed by atoms with Crippen LogP contribution in [-0.4, -0.2) is 17.1 Å². The van der Waals surface area contributed by atoms with Crippen LogP contribution in [0.4, 0.5) is 4.39 Å². The van der Waals surface area contributed by atoms with E-state index in [1.165, 1.54) is 25.3 Å². The molecule has 2 unspecified atom stereocenters. The van der Waals surface area contributed by atoms with Gasteiger partial charge in [-0.1, -0.05) is 37.1 Å². The molecule has 1 aromatic carbocycles. The minimum absolute atomic E-state index is 0.145. The summed E-state index contributed by atoms with van der Waals surface area (Å²) in [7, 11) is 0. The van der Waals surface area contributed by atoms with Crippen molar-refractivity contribution in [2.24, 2.45) is 16.8 Å². The molecule has 0 bridgehead atoms.